The zero-order valence-electron chi connectivity index (χ0n) is 13.9. The van der Waals surface area contributed by atoms with Crippen molar-refractivity contribution in [2.45, 2.75) is 19.5 Å². The molecule has 5 nitrogen and oxygen atoms in total. The molecule has 132 valence electrons. The van der Waals surface area contributed by atoms with E-state index in [1.165, 1.54) is 18.2 Å². The number of nitrogens with zero attached hydrogens (tertiary/aromatic N) is 3. The molecule has 0 unspecified atom stereocenters. The van der Waals surface area contributed by atoms with E-state index in [9.17, 15) is 13.6 Å². The Labute approximate surface area is 148 Å². The van der Waals surface area contributed by atoms with Crippen LogP contribution >= 0.6 is 0 Å². The lowest BCUT2D eigenvalue weighted by Gasteiger charge is -2.27. The fourth-order valence-electron chi connectivity index (χ4n) is 3.16. The van der Waals surface area contributed by atoms with Gasteiger partial charge >= 0.3 is 0 Å². The van der Waals surface area contributed by atoms with Gasteiger partial charge in [0.1, 0.15) is 17.3 Å². The minimum atomic E-state index is -0.566. The molecule has 1 N–H and O–H groups in total. The van der Waals surface area contributed by atoms with Crippen LogP contribution in [0.4, 0.5) is 8.78 Å². The molecule has 7 heteroatoms. The SMILES string of the molecule is O=c1[nH]c(-c2ccccn2)nc2c1CCN(Cc1c(F)cccc1F)C2. The van der Waals surface area contributed by atoms with Gasteiger partial charge in [-0.3, -0.25) is 14.7 Å². The van der Waals surface area contributed by atoms with Gasteiger partial charge in [-0.2, -0.15) is 0 Å². The Morgan fingerprint density at radius 1 is 1.12 bits per heavy atom. The quantitative estimate of drug-likeness (QED) is 0.786. The van der Waals surface area contributed by atoms with Crippen LogP contribution in [0.15, 0.2) is 47.4 Å². The summed E-state index contributed by atoms with van der Waals surface area (Å²) in [7, 11) is 0. The average molecular weight is 354 g/mol. The van der Waals surface area contributed by atoms with Crippen molar-refractivity contribution in [3.8, 4) is 11.5 Å². The first-order valence-corrected chi connectivity index (χ1v) is 8.30. The summed E-state index contributed by atoms with van der Waals surface area (Å²) in [5.41, 5.74) is 1.66. The van der Waals surface area contributed by atoms with E-state index in [4.69, 9.17) is 0 Å². The number of aromatic nitrogens is 3. The van der Waals surface area contributed by atoms with E-state index in [-0.39, 0.29) is 17.7 Å². The molecule has 0 spiro atoms. The third kappa shape index (κ3) is 3.13. The maximum Gasteiger partial charge on any atom is 0.254 e. The van der Waals surface area contributed by atoms with Crippen molar-refractivity contribution in [3.63, 3.8) is 0 Å². The van der Waals surface area contributed by atoms with Crippen molar-refractivity contribution in [3.05, 3.63) is 81.4 Å². The Morgan fingerprint density at radius 2 is 1.92 bits per heavy atom. The van der Waals surface area contributed by atoms with Gasteiger partial charge in [0.25, 0.3) is 5.56 Å². The third-order valence-electron chi connectivity index (χ3n) is 4.50. The Bertz CT molecular complexity index is 984. The lowest BCUT2D eigenvalue weighted by atomic mass is 10.0. The van der Waals surface area contributed by atoms with Gasteiger partial charge in [-0.25, -0.2) is 13.8 Å². The Morgan fingerprint density at radius 3 is 2.65 bits per heavy atom. The van der Waals surface area contributed by atoms with E-state index in [1.54, 1.807) is 18.3 Å². The number of nitrogens with one attached hydrogen (secondary N) is 1. The first-order chi connectivity index (χ1) is 12.6. The molecular formula is C19H16F2N4O. The highest BCUT2D eigenvalue weighted by molar-refractivity contribution is 5.49. The van der Waals surface area contributed by atoms with Gasteiger partial charge in [0, 0.05) is 37.0 Å². The molecule has 0 amide bonds. The zero-order valence-corrected chi connectivity index (χ0v) is 13.9. The predicted molar refractivity (Wildman–Crippen MR) is 92.3 cm³/mol. The molecule has 0 radical (unpaired) electrons. The van der Waals surface area contributed by atoms with E-state index in [0.29, 0.717) is 42.3 Å². The molecule has 0 atom stereocenters. The van der Waals surface area contributed by atoms with Gasteiger partial charge in [0.15, 0.2) is 5.82 Å². The van der Waals surface area contributed by atoms with Crippen molar-refractivity contribution in [1.29, 1.82) is 0 Å². The van der Waals surface area contributed by atoms with E-state index in [0.717, 1.165) is 0 Å². The summed E-state index contributed by atoms with van der Waals surface area (Å²) in [6.45, 7) is 1.02. The van der Waals surface area contributed by atoms with Crippen molar-refractivity contribution < 1.29 is 8.78 Å². The molecule has 2 aromatic heterocycles. The summed E-state index contributed by atoms with van der Waals surface area (Å²) in [5.74, 6) is -0.735. The minimum absolute atomic E-state index is 0.0331. The average Bonchev–Trinajstić information content (AvgIpc) is 2.65. The van der Waals surface area contributed by atoms with E-state index in [1.807, 2.05) is 11.0 Å². The van der Waals surface area contributed by atoms with Gasteiger partial charge in [0.2, 0.25) is 0 Å². The first-order valence-electron chi connectivity index (χ1n) is 8.30. The van der Waals surface area contributed by atoms with E-state index >= 15 is 0 Å². The van der Waals surface area contributed by atoms with Crippen molar-refractivity contribution in [1.82, 2.24) is 19.9 Å². The van der Waals surface area contributed by atoms with Gasteiger partial charge < -0.3 is 4.98 Å². The molecular weight excluding hydrogens is 338 g/mol. The molecule has 1 aliphatic heterocycles. The fourth-order valence-corrected chi connectivity index (χ4v) is 3.16. The first kappa shape index (κ1) is 16.5. The Hall–Kier alpha value is -2.93. The number of fused-ring (bicyclic) bond motifs is 1. The fraction of sp³-hybridized carbons (Fsp3) is 0.211. The number of aromatic amines is 1. The molecule has 3 heterocycles. The standard InChI is InChI=1S/C19H16F2N4O/c20-14-4-3-5-15(21)13(14)10-25-9-7-12-17(11-25)23-18(24-19(12)26)16-6-1-2-8-22-16/h1-6,8H,7,9-11H2,(H,23,24,26). The number of halogens is 2. The molecule has 1 aliphatic rings. The van der Waals surface area contributed by atoms with Crippen LogP contribution in [0.25, 0.3) is 11.5 Å². The molecule has 0 fully saturated rings. The number of pyridine rings is 1. The normalized spacial score (nSPS) is 14.2. The van der Waals surface area contributed by atoms with Crippen molar-refractivity contribution in [2.24, 2.45) is 0 Å². The van der Waals surface area contributed by atoms with Gasteiger partial charge in [-0.15, -0.1) is 0 Å². The Kier molecular flexibility index (Phi) is 4.30. The summed E-state index contributed by atoms with van der Waals surface area (Å²) in [6, 6.07) is 9.20. The molecule has 0 aliphatic carbocycles. The van der Waals surface area contributed by atoms with Crippen molar-refractivity contribution >= 4 is 0 Å². The summed E-state index contributed by atoms with van der Waals surface area (Å²) in [4.78, 5) is 25.8. The van der Waals surface area contributed by atoms with Crippen molar-refractivity contribution in [2.75, 3.05) is 6.54 Å². The lowest BCUT2D eigenvalue weighted by Crippen LogP contribution is -2.35. The minimum Gasteiger partial charge on any atom is -0.305 e. The molecule has 0 saturated carbocycles. The van der Waals surface area contributed by atoms with Gasteiger partial charge in [0.05, 0.1) is 5.69 Å². The van der Waals surface area contributed by atoms with Crippen LogP contribution in [-0.4, -0.2) is 26.4 Å². The van der Waals surface area contributed by atoms with Gasteiger partial charge in [-0.05, 0) is 30.7 Å². The highest BCUT2D eigenvalue weighted by atomic mass is 19.1. The molecule has 0 bridgehead atoms. The number of hydrogen-bond acceptors (Lipinski definition) is 4. The topological polar surface area (TPSA) is 61.9 Å². The largest absolute Gasteiger partial charge is 0.305 e. The number of H-pyrrole nitrogens is 1. The smallest absolute Gasteiger partial charge is 0.254 e. The predicted octanol–water partition coefficient (Wildman–Crippen LogP) is 2.67. The lowest BCUT2D eigenvalue weighted by molar-refractivity contribution is 0.233. The number of benzene rings is 1. The number of hydrogen-bond donors (Lipinski definition) is 1. The summed E-state index contributed by atoms with van der Waals surface area (Å²) in [6.07, 6.45) is 2.11. The van der Waals surface area contributed by atoms with Crippen LogP contribution in [-0.2, 0) is 19.5 Å². The van der Waals surface area contributed by atoms with E-state index < -0.39 is 11.6 Å². The maximum atomic E-state index is 13.9. The summed E-state index contributed by atoms with van der Waals surface area (Å²) in [5, 5.41) is 0. The second-order valence-corrected chi connectivity index (χ2v) is 6.22. The molecule has 26 heavy (non-hydrogen) atoms. The highest BCUT2D eigenvalue weighted by Gasteiger charge is 2.23. The summed E-state index contributed by atoms with van der Waals surface area (Å²) >= 11 is 0. The maximum absolute atomic E-state index is 13.9. The van der Waals surface area contributed by atoms with Crippen LogP contribution in [0.2, 0.25) is 0 Å². The second-order valence-electron chi connectivity index (χ2n) is 6.22. The van der Waals surface area contributed by atoms with Gasteiger partial charge in [-0.1, -0.05) is 12.1 Å². The molecule has 4 rings (SSSR count). The van der Waals surface area contributed by atoms with E-state index in [2.05, 4.69) is 15.0 Å². The number of rotatable bonds is 3. The van der Waals surface area contributed by atoms with Crippen LogP contribution in [0.1, 0.15) is 16.8 Å². The third-order valence-corrected chi connectivity index (χ3v) is 4.50. The van der Waals surface area contributed by atoms with Crippen LogP contribution < -0.4 is 5.56 Å². The zero-order chi connectivity index (χ0) is 18.1. The summed E-state index contributed by atoms with van der Waals surface area (Å²) < 4.78 is 27.8. The van der Waals surface area contributed by atoms with Crippen LogP contribution in [0, 0.1) is 11.6 Å². The monoisotopic (exact) mass is 354 g/mol. The van der Waals surface area contributed by atoms with Crippen LogP contribution in [0.5, 0.6) is 0 Å². The molecule has 1 aromatic carbocycles. The Balaban J connectivity index is 1.64. The second kappa shape index (κ2) is 6.76. The molecule has 3 aromatic rings. The molecule has 0 saturated heterocycles. The highest BCUT2D eigenvalue weighted by Crippen LogP contribution is 2.21. The van der Waals surface area contributed by atoms with Crippen LogP contribution in [0.3, 0.4) is 0 Å².